The summed E-state index contributed by atoms with van der Waals surface area (Å²) < 4.78 is 11.1. The summed E-state index contributed by atoms with van der Waals surface area (Å²) >= 11 is 0. The fourth-order valence-corrected chi connectivity index (χ4v) is 2.89. The van der Waals surface area contributed by atoms with E-state index in [4.69, 9.17) is 9.15 Å². The first-order chi connectivity index (χ1) is 8.33. The number of nitrogens with zero attached hydrogens (tertiary/aromatic N) is 2. The van der Waals surface area contributed by atoms with Crippen LogP contribution in [0.3, 0.4) is 0 Å². The van der Waals surface area contributed by atoms with Crippen molar-refractivity contribution in [3.63, 3.8) is 0 Å². The van der Waals surface area contributed by atoms with E-state index in [0.29, 0.717) is 12.2 Å². The predicted octanol–water partition coefficient (Wildman–Crippen LogP) is 1.18. The van der Waals surface area contributed by atoms with Gasteiger partial charge in [-0.2, -0.15) is 0 Å². The summed E-state index contributed by atoms with van der Waals surface area (Å²) in [5.41, 5.74) is 1.26. The Morgan fingerprint density at radius 3 is 2.47 bits per heavy atom. The Hall–Kier alpha value is -0.840. The lowest BCUT2D eigenvalue weighted by atomic mass is 10.1. The van der Waals surface area contributed by atoms with Crippen molar-refractivity contribution in [3.8, 4) is 0 Å². The van der Waals surface area contributed by atoms with E-state index in [0.717, 1.165) is 39.3 Å². The van der Waals surface area contributed by atoms with Crippen molar-refractivity contribution in [1.82, 2.24) is 9.80 Å². The molecule has 2 unspecified atom stereocenters. The van der Waals surface area contributed by atoms with Crippen LogP contribution in [0.25, 0.3) is 0 Å². The van der Waals surface area contributed by atoms with Crippen molar-refractivity contribution in [3.05, 3.63) is 24.2 Å². The molecule has 17 heavy (non-hydrogen) atoms. The van der Waals surface area contributed by atoms with E-state index in [-0.39, 0.29) is 0 Å². The molecular formula is C13H20N2O2. The van der Waals surface area contributed by atoms with Crippen LogP contribution in [0.15, 0.2) is 23.0 Å². The molecule has 0 radical (unpaired) electrons. The predicted molar refractivity (Wildman–Crippen MR) is 64.8 cm³/mol. The number of furan rings is 1. The molecule has 2 atom stereocenters. The summed E-state index contributed by atoms with van der Waals surface area (Å²) in [6.07, 6.45) is 4.35. The number of morpholine rings is 2. The highest BCUT2D eigenvalue weighted by Gasteiger charge is 2.34. The zero-order valence-electron chi connectivity index (χ0n) is 10.3. The lowest BCUT2D eigenvalue weighted by Crippen LogP contribution is -2.59. The maximum absolute atomic E-state index is 6.00. The molecule has 0 aromatic carbocycles. The third-order valence-corrected chi connectivity index (χ3v) is 3.67. The Bertz CT molecular complexity index is 338. The molecule has 1 aromatic heterocycles. The Kier molecular flexibility index (Phi) is 3.18. The van der Waals surface area contributed by atoms with Crippen molar-refractivity contribution >= 4 is 0 Å². The van der Waals surface area contributed by atoms with Gasteiger partial charge in [0.05, 0.1) is 24.7 Å². The van der Waals surface area contributed by atoms with Gasteiger partial charge in [-0.05, 0) is 12.6 Å². The van der Waals surface area contributed by atoms with E-state index < -0.39 is 0 Å². The van der Waals surface area contributed by atoms with E-state index in [2.05, 4.69) is 16.7 Å². The monoisotopic (exact) mass is 236 g/mol. The number of hydrogen-bond acceptors (Lipinski definition) is 4. The van der Waals surface area contributed by atoms with Crippen molar-refractivity contribution in [1.29, 1.82) is 0 Å². The summed E-state index contributed by atoms with van der Waals surface area (Å²) in [7, 11) is 0. The summed E-state index contributed by atoms with van der Waals surface area (Å²) in [5, 5.41) is 0. The van der Waals surface area contributed by atoms with Gasteiger partial charge < -0.3 is 9.15 Å². The smallest absolute Gasteiger partial charge is 0.0947 e. The fraction of sp³-hybridized carbons (Fsp3) is 0.692. The quantitative estimate of drug-likeness (QED) is 0.788. The summed E-state index contributed by atoms with van der Waals surface area (Å²) in [6.45, 7) is 8.58. The molecule has 4 nitrogen and oxygen atoms in total. The second kappa shape index (κ2) is 4.80. The molecule has 1 aromatic rings. The van der Waals surface area contributed by atoms with Crippen molar-refractivity contribution < 1.29 is 9.15 Å². The fourth-order valence-electron chi connectivity index (χ4n) is 2.89. The zero-order chi connectivity index (χ0) is 11.7. The third-order valence-electron chi connectivity index (χ3n) is 3.67. The van der Waals surface area contributed by atoms with E-state index in [1.54, 1.807) is 6.26 Å². The first-order valence-electron chi connectivity index (χ1n) is 6.44. The number of likely N-dealkylation sites (N-methyl/N-ethyl adjacent to an activating group) is 1. The van der Waals surface area contributed by atoms with Gasteiger partial charge in [0.15, 0.2) is 0 Å². The van der Waals surface area contributed by atoms with Crippen LogP contribution in [0.2, 0.25) is 0 Å². The van der Waals surface area contributed by atoms with Crippen molar-refractivity contribution in [2.24, 2.45) is 0 Å². The topological polar surface area (TPSA) is 28.9 Å². The minimum atomic E-state index is 0.384. The molecule has 0 saturated carbocycles. The molecule has 0 N–H and O–H groups in total. The summed E-state index contributed by atoms with van der Waals surface area (Å²) in [5.74, 6) is 0. The van der Waals surface area contributed by atoms with Crippen LogP contribution in [-0.2, 0) is 11.3 Å². The van der Waals surface area contributed by atoms with Gasteiger partial charge in [0.2, 0.25) is 0 Å². The second-order valence-electron chi connectivity index (χ2n) is 5.06. The van der Waals surface area contributed by atoms with E-state index in [9.17, 15) is 0 Å². The zero-order valence-corrected chi connectivity index (χ0v) is 10.3. The molecule has 0 amide bonds. The molecule has 3 rings (SSSR count). The highest BCUT2D eigenvalue weighted by atomic mass is 16.5. The second-order valence-corrected chi connectivity index (χ2v) is 5.06. The molecule has 94 valence electrons. The van der Waals surface area contributed by atoms with E-state index >= 15 is 0 Å². The van der Waals surface area contributed by atoms with Crippen molar-refractivity contribution in [2.75, 3.05) is 32.7 Å². The average molecular weight is 236 g/mol. The van der Waals surface area contributed by atoms with Gasteiger partial charge in [0.25, 0.3) is 0 Å². The van der Waals surface area contributed by atoms with Gasteiger partial charge in [0.1, 0.15) is 0 Å². The van der Waals surface area contributed by atoms with Gasteiger partial charge in [-0.25, -0.2) is 0 Å². The largest absolute Gasteiger partial charge is 0.472 e. The number of ether oxygens (including phenoxy) is 1. The van der Waals surface area contributed by atoms with E-state index in [1.807, 2.05) is 12.3 Å². The minimum Gasteiger partial charge on any atom is -0.472 e. The highest BCUT2D eigenvalue weighted by molar-refractivity contribution is 5.05. The van der Waals surface area contributed by atoms with Crippen LogP contribution in [0.1, 0.15) is 12.5 Å². The molecule has 2 aliphatic rings. The molecule has 2 fully saturated rings. The SMILES string of the molecule is CCN1CC2CN(Cc3ccoc3)CC(C1)O2. The lowest BCUT2D eigenvalue weighted by Gasteiger charge is -2.45. The molecule has 4 heteroatoms. The molecule has 2 aliphatic heterocycles. The Balaban J connectivity index is 1.60. The van der Waals surface area contributed by atoms with Gasteiger partial charge in [0, 0.05) is 38.3 Å². The van der Waals surface area contributed by atoms with Crippen LogP contribution in [-0.4, -0.2) is 54.7 Å². The first kappa shape index (κ1) is 11.3. The number of rotatable bonds is 3. The number of fused-ring (bicyclic) bond motifs is 2. The Morgan fingerprint density at radius 1 is 1.18 bits per heavy atom. The molecular weight excluding hydrogens is 216 g/mol. The molecule has 0 spiro atoms. The third kappa shape index (κ3) is 2.54. The summed E-state index contributed by atoms with van der Waals surface area (Å²) in [4.78, 5) is 4.98. The summed E-state index contributed by atoms with van der Waals surface area (Å²) in [6, 6.07) is 2.05. The van der Waals surface area contributed by atoms with Gasteiger partial charge in [-0.15, -0.1) is 0 Å². The average Bonchev–Trinajstić information content (AvgIpc) is 2.80. The standard InChI is InChI=1S/C13H20N2O2/c1-2-14-6-12-8-15(9-13(7-14)17-12)5-11-3-4-16-10-11/h3-4,10,12-13H,2,5-9H2,1H3. The highest BCUT2D eigenvalue weighted by Crippen LogP contribution is 2.20. The normalized spacial score (nSPS) is 30.6. The Labute approximate surface area is 102 Å². The molecule has 3 heterocycles. The maximum Gasteiger partial charge on any atom is 0.0947 e. The maximum atomic E-state index is 6.00. The molecule has 2 saturated heterocycles. The van der Waals surface area contributed by atoms with Gasteiger partial charge in [-0.3, -0.25) is 9.80 Å². The number of hydrogen-bond donors (Lipinski definition) is 0. The van der Waals surface area contributed by atoms with Crippen molar-refractivity contribution in [2.45, 2.75) is 25.7 Å². The van der Waals surface area contributed by atoms with Crippen LogP contribution in [0.5, 0.6) is 0 Å². The van der Waals surface area contributed by atoms with Gasteiger partial charge in [-0.1, -0.05) is 6.92 Å². The molecule has 2 bridgehead atoms. The van der Waals surface area contributed by atoms with Gasteiger partial charge >= 0.3 is 0 Å². The lowest BCUT2D eigenvalue weighted by molar-refractivity contribution is -0.139. The molecule has 0 aliphatic carbocycles. The van der Waals surface area contributed by atoms with Crippen LogP contribution in [0, 0.1) is 0 Å². The van der Waals surface area contributed by atoms with E-state index in [1.165, 1.54) is 5.56 Å². The first-order valence-corrected chi connectivity index (χ1v) is 6.44. The Morgan fingerprint density at radius 2 is 1.88 bits per heavy atom. The van der Waals surface area contributed by atoms with Crippen LogP contribution >= 0.6 is 0 Å². The minimum absolute atomic E-state index is 0.384. The van der Waals surface area contributed by atoms with Crippen LogP contribution in [0.4, 0.5) is 0 Å². The van der Waals surface area contributed by atoms with Crippen LogP contribution < -0.4 is 0 Å².